The van der Waals surface area contributed by atoms with Gasteiger partial charge >= 0.3 is 0 Å². The van der Waals surface area contributed by atoms with Crippen molar-refractivity contribution in [1.29, 1.82) is 0 Å². The summed E-state index contributed by atoms with van der Waals surface area (Å²) in [5.41, 5.74) is 6.03. The molecule has 1 aromatic carbocycles. The van der Waals surface area contributed by atoms with Crippen LogP contribution in [0.3, 0.4) is 0 Å². The highest BCUT2D eigenvalue weighted by molar-refractivity contribution is 5.66. The van der Waals surface area contributed by atoms with Gasteiger partial charge in [0, 0.05) is 17.5 Å². The van der Waals surface area contributed by atoms with Gasteiger partial charge in [-0.3, -0.25) is 0 Å². The van der Waals surface area contributed by atoms with Gasteiger partial charge in [-0.05, 0) is 12.5 Å². The summed E-state index contributed by atoms with van der Waals surface area (Å²) in [5.74, 6) is -0.248. The minimum Gasteiger partial charge on any atom is -0.493 e. The smallest absolute Gasteiger partial charge is 0.146 e. The van der Waals surface area contributed by atoms with Crippen molar-refractivity contribution in [2.75, 3.05) is 12.3 Å². The van der Waals surface area contributed by atoms with E-state index in [1.807, 2.05) is 0 Å². The van der Waals surface area contributed by atoms with Crippen molar-refractivity contribution in [2.45, 2.75) is 12.3 Å². The van der Waals surface area contributed by atoms with Gasteiger partial charge in [-0.2, -0.15) is 0 Å². The lowest BCUT2D eigenvalue weighted by Gasteiger charge is -2.22. The van der Waals surface area contributed by atoms with Crippen molar-refractivity contribution in [3.8, 4) is 5.75 Å². The minimum absolute atomic E-state index is 0.0512. The van der Waals surface area contributed by atoms with Gasteiger partial charge in [0.15, 0.2) is 0 Å². The van der Waals surface area contributed by atoms with Crippen LogP contribution < -0.4 is 10.5 Å². The zero-order valence-corrected chi connectivity index (χ0v) is 7.50. The van der Waals surface area contributed by atoms with Gasteiger partial charge in [0.2, 0.25) is 0 Å². The molecule has 0 saturated carbocycles. The summed E-state index contributed by atoms with van der Waals surface area (Å²) >= 11 is 0. The number of halogens is 1. The number of benzene rings is 1. The Bertz CT molecular complexity index is 379. The quantitative estimate of drug-likeness (QED) is 0.545. The molecule has 0 spiro atoms. The summed E-state index contributed by atoms with van der Waals surface area (Å²) in [6, 6.07) is 2.71. The topological polar surface area (TPSA) is 52.3 Å². The third-order valence-electron chi connectivity index (χ3n) is 2.38. The number of nitrogen functional groups attached to an aromatic ring is 1. The minimum atomic E-state index is -0.499. The largest absolute Gasteiger partial charge is 0.493 e. The first-order valence-electron chi connectivity index (χ1n) is 4.39. The van der Waals surface area contributed by atoms with Gasteiger partial charge in [-0.1, -0.05) is 0 Å². The highest BCUT2D eigenvalue weighted by Gasteiger charge is 2.22. The zero-order chi connectivity index (χ0) is 10.1. The molecule has 0 saturated heterocycles. The van der Waals surface area contributed by atoms with E-state index in [0.717, 1.165) is 6.29 Å². The summed E-state index contributed by atoms with van der Waals surface area (Å²) in [4.78, 5) is 10.7. The molecule has 2 rings (SSSR count). The van der Waals surface area contributed by atoms with Crippen LogP contribution in [0, 0.1) is 5.82 Å². The summed E-state index contributed by atoms with van der Waals surface area (Å²) in [5, 5.41) is 0. The van der Waals surface area contributed by atoms with E-state index in [-0.39, 0.29) is 11.6 Å². The van der Waals surface area contributed by atoms with Crippen LogP contribution in [0.15, 0.2) is 12.1 Å². The molecule has 3 nitrogen and oxygen atoms in total. The van der Waals surface area contributed by atoms with Crippen LogP contribution in [0.2, 0.25) is 0 Å². The van der Waals surface area contributed by atoms with Gasteiger partial charge in [0.05, 0.1) is 12.3 Å². The van der Waals surface area contributed by atoms with Gasteiger partial charge in [-0.15, -0.1) is 0 Å². The van der Waals surface area contributed by atoms with Crippen molar-refractivity contribution in [1.82, 2.24) is 0 Å². The van der Waals surface area contributed by atoms with Crippen molar-refractivity contribution in [3.05, 3.63) is 23.5 Å². The van der Waals surface area contributed by atoms with Gasteiger partial charge in [0.1, 0.15) is 17.9 Å². The Kier molecular flexibility index (Phi) is 2.11. The molecule has 14 heavy (non-hydrogen) atoms. The second-order valence-electron chi connectivity index (χ2n) is 3.29. The maximum absolute atomic E-state index is 13.1. The van der Waals surface area contributed by atoms with Crippen molar-refractivity contribution in [3.63, 3.8) is 0 Å². The summed E-state index contributed by atoms with van der Waals surface area (Å²) in [7, 11) is 0. The Morgan fingerprint density at radius 3 is 3.07 bits per heavy atom. The van der Waals surface area contributed by atoms with Gasteiger partial charge in [-0.25, -0.2) is 4.39 Å². The van der Waals surface area contributed by atoms with E-state index in [2.05, 4.69) is 0 Å². The third-order valence-corrected chi connectivity index (χ3v) is 2.38. The van der Waals surface area contributed by atoms with E-state index in [9.17, 15) is 9.18 Å². The normalized spacial score (nSPS) is 19.6. The zero-order valence-electron chi connectivity index (χ0n) is 7.50. The Morgan fingerprint density at radius 1 is 1.57 bits per heavy atom. The number of fused-ring (bicyclic) bond motifs is 1. The number of nitrogens with two attached hydrogens (primary N) is 1. The Labute approximate surface area is 80.7 Å². The molecule has 2 N–H and O–H groups in total. The first kappa shape index (κ1) is 8.99. The molecule has 1 aliphatic rings. The molecule has 1 aliphatic heterocycles. The fraction of sp³-hybridized carbons (Fsp3) is 0.300. The lowest BCUT2D eigenvalue weighted by molar-refractivity contribution is -0.109. The Balaban J connectivity index is 2.52. The van der Waals surface area contributed by atoms with Gasteiger partial charge < -0.3 is 15.3 Å². The molecule has 0 radical (unpaired) electrons. The SMILES string of the molecule is Nc1cc2c(cc1F)C(C=O)CCO2. The highest BCUT2D eigenvalue weighted by Crippen LogP contribution is 2.34. The summed E-state index contributed by atoms with van der Waals surface area (Å²) in [6.45, 7) is 0.474. The number of ether oxygens (including phenoxy) is 1. The van der Waals surface area contributed by atoms with Crippen LogP contribution >= 0.6 is 0 Å². The van der Waals surface area contributed by atoms with E-state index in [1.165, 1.54) is 12.1 Å². The molecule has 1 aromatic rings. The molecule has 0 aliphatic carbocycles. The van der Waals surface area contributed by atoms with E-state index >= 15 is 0 Å². The van der Waals surface area contributed by atoms with Crippen molar-refractivity contribution in [2.24, 2.45) is 0 Å². The lowest BCUT2D eigenvalue weighted by Crippen LogP contribution is -2.15. The van der Waals surface area contributed by atoms with Crippen LogP contribution in [-0.2, 0) is 4.79 Å². The third kappa shape index (κ3) is 1.32. The highest BCUT2D eigenvalue weighted by atomic mass is 19.1. The molecular weight excluding hydrogens is 185 g/mol. The first-order valence-corrected chi connectivity index (χ1v) is 4.39. The number of hydrogen-bond donors (Lipinski definition) is 1. The summed E-state index contributed by atoms with van der Waals surface area (Å²) < 4.78 is 18.4. The Hall–Kier alpha value is -1.58. The standard InChI is InChI=1S/C10H10FNO2/c11-8-3-7-6(5-13)1-2-14-10(7)4-9(8)12/h3-6H,1-2,12H2. The average molecular weight is 195 g/mol. The van der Waals surface area contributed by atoms with Gasteiger partial charge in [0.25, 0.3) is 0 Å². The number of rotatable bonds is 1. The van der Waals surface area contributed by atoms with Crippen LogP contribution in [0.25, 0.3) is 0 Å². The number of anilines is 1. The van der Waals surface area contributed by atoms with E-state index in [4.69, 9.17) is 10.5 Å². The van der Waals surface area contributed by atoms with Crippen LogP contribution in [0.1, 0.15) is 17.9 Å². The molecule has 0 bridgehead atoms. The molecule has 1 unspecified atom stereocenters. The number of aldehydes is 1. The molecule has 1 heterocycles. The van der Waals surface area contributed by atoms with Crippen molar-refractivity contribution >= 4 is 12.0 Å². The molecule has 0 amide bonds. The van der Waals surface area contributed by atoms with E-state index < -0.39 is 5.82 Å². The fourth-order valence-corrected chi connectivity index (χ4v) is 1.59. The van der Waals surface area contributed by atoms with E-state index in [1.54, 1.807) is 0 Å². The predicted octanol–water partition coefficient (Wildman–Crippen LogP) is 1.47. The second-order valence-corrected chi connectivity index (χ2v) is 3.29. The monoisotopic (exact) mass is 195 g/mol. The number of carbonyl (C=O) groups excluding carboxylic acids is 1. The maximum Gasteiger partial charge on any atom is 0.146 e. The summed E-state index contributed by atoms with van der Waals surface area (Å²) in [6.07, 6.45) is 1.41. The lowest BCUT2D eigenvalue weighted by atomic mass is 9.94. The maximum atomic E-state index is 13.1. The number of carbonyl (C=O) groups is 1. The van der Waals surface area contributed by atoms with E-state index in [0.29, 0.717) is 24.3 Å². The predicted molar refractivity (Wildman–Crippen MR) is 49.7 cm³/mol. The van der Waals surface area contributed by atoms with Crippen LogP contribution in [-0.4, -0.2) is 12.9 Å². The second kappa shape index (κ2) is 3.29. The average Bonchev–Trinajstić information content (AvgIpc) is 2.19. The fourth-order valence-electron chi connectivity index (χ4n) is 1.59. The molecule has 74 valence electrons. The molecular formula is C10H10FNO2. The first-order chi connectivity index (χ1) is 6.72. The van der Waals surface area contributed by atoms with Crippen LogP contribution in [0.4, 0.5) is 10.1 Å². The van der Waals surface area contributed by atoms with Crippen LogP contribution in [0.5, 0.6) is 5.75 Å². The molecule has 0 aromatic heterocycles. The Morgan fingerprint density at radius 2 is 2.36 bits per heavy atom. The molecule has 4 heteroatoms. The van der Waals surface area contributed by atoms with Crippen molar-refractivity contribution < 1.29 is 13.9 Å². The number of hydrogen-bond acceptors (Lipinski definition) is 3. The molecule has 0 fully saturated rings. The molecule has 1 atom stereocenters.